The second-order valence-corrected chi connectivity index (χ2v) is 7.33. The molecule has 1 heterocycles. The van der Waals surface area contributed by atoms with Crippen LogP contribution in [0.1, 0.15) is 38.8 Å². The highest BCUT2D eigenvalue weighted by Crippen LogP contribution is 2.28. The van der Waals surface area contributed by atoms with Gasteiger partial charge < -0.3 is 9.29 Å². The van der Waals surface area contributed by atoms with E-state index in [2.05, 4.69) is 16.3 Å². The minimum absolute atomic E-state index is 0.316. The van der Waals surface area contributed by atoms with Crippen LogP contribution in [0.2, 0.25) is 0 Å². The quantitative estimate of drug-likeness (QED) is 0.648. The fourth-order valence-electron chi connectivity index (χ4n) is 1.57. The molecule has 0 spiro atoms. The zero-order valence-corrected chi connectivity index (χ0v) is 13.1. The van der Waals surface area contributed by atoms with Gasteiger partial charge in [0.25, 0.3) is 0 Å². The molecule has 1 N–H and O–H groups in total. The summed E-state index contributed by atoms with van der Waals surface area (Å²) in [4.78, 5) is 3.90. The van der Waals surface area contributed by atoms with Gasteiger partial charge in [0.05, 0.1) is 19.3 Å². The molecular formula is C14H21FN2O2S. The number of ether oxygens (including phenoxy) is 1. The third-order valence-corrected chi connectivity index (χ3v) is 4.23. The topological polar surface area (TPSA) is 57.2 Å². The molecular weight excluding hydrogens is 279 g/mol. The fraction of sp³-hybridized carbons (Fsp3) is 0.500. The average Bonchev–Trinajstić information content (AvgIpc) is 2.37. The van der Waals surface area contributed by atoms with Crippen LogP contribution in [0, 0.1) is 5.82 Å². The van der Waals surface area contributed by atoms with Crippen LogP contribution in [0.25, 0.3) is 0 Å². The number of nitrogens with one attached hydrogen (secondary N) is 1. The van der Waals surface area contributed by atoms with Crippen molar-refractivity contribution in [1.82, 2.24) is 9.71 Å². The minimum atomic E-state index is -1.29. The van der Waals surface area contributed by atoms with Gasteiger partial charge in [0.1, 0.15) is 10.6 Å². The van der Waals surface area contributed by atoms with Gasteiger partial charge in [-0.2, -0.15) is 0 Å². The molecule has 0 saturated heterocycles. The second-order valence-electron chi connectivity index (χ2n) is 5.33. The van der Waals surface area contributed by atoms with Crippen molar-refractivity contribution in [3.05, 3.63) is 36.3 Å². The van der Waals surface area contributed by atoms with E-state index in [1.54, 1.807) is 6.08 Å². The van der Waals surface area contributed by atoms with Crippen LogP contribution in [0.3, 0.4) is 0 Å². The lowest BCUT2D eigenvalue weighted by molar-refractivity contribution is 0.383. The number of nitrogens with zero attached hydrogens (tertiary/aromatic N) is 1. The van der Waals surface area contributed by atoms with E-state index in [1.807, 2.05) is 20.8 Å². The minimum Gasteiger partial charge on any atom is -0.598 e. The van der Waals surface area contributed by atoms with E-state index < -0.39 is 21.9 Å². The first-order valence-corrected chi connectivity index (χ1v) is 7.43. The third kappa shape index (κ3) is 4.47. The van der Waals surface area contributed by atoms with Crippen molar-refractivity contribution in [2.45, 2.75) is 38.0 Å². The molecule has 0 radical (unpaired) electrons. The molecule has 0 saturated carbocycles. The number of halogens is 1. The lowest BCUT2D eigenvalue weighted by Gasteiger charge is -2.28. The molecule has 2 atom stereocenters. The molecule has 0 bridgehead atoms. The highest BCUT2D eigenvalue weighted by atomic mass is 32.2. The molecule has 0 aliphatic heterocycles. The lowest BCUT2D eigenvalue weighted by atomic mass is 10.1. The molecule has 112 valence electrons. The molecule has 0 aliphatic rings. The van der Waals surface area contributed by atoms with Gasteiger partial charge in [0.2, 0.25) is 5.88 Å². The predicted octanol–water partition coefficient (Wildman–Crippen LogP) is 2.90. The highest BCUT2D eigenvalue weighted by molar-refractivity contribution is 7.90. The summed E-state index contributed by atoms with van der Waals surface area (Å²) in [5.41, 5.74) is 0.532. The van der Waals surface area contributed by atoms with Gasteiger partial charge in [-0.15, -0.1) is 11.3 Å². The maximum absolute atomic E-state index is 13.4. The van der Waals surface area contributed by atoms with Crippen molar-refractivity contribution in [3.63, 3.8) is 0 Å². The van der Waals surface area contributed by atoms with Crippen molar-refractivity contribution in [2.75, 3.05) is 7.11 Å². The standard InChI is InChI=1S/C14H21FN2O2S/c1-6-7-12(17-20(18)14(2,3)4)11-8-10(15)9-16-13(11)19-5/h6,8-9,12,17H,1,7H2,2-5H3/t12?,20-/m1/s1. The molecule has 20 heavy (non-hydrogen) atoms. The first-order chi connectivity index (χ1) is 9.29. The van der Waals surface area contributed by atoms with Gasteiger partial charge >= 0.3 is 0 Å². The number of pyridine rings is 1. The molecule has 1 unspecified atom stereocenters. The summed E-state index contributed by atoms with van der Waals surface area (Å²) in [6.45, 7) is 9.27. The lowest BCUT2D eigenvalue weighted by Crippen LogP contribution is -2.41. The van der Waals surface area contributed by atoms with Crippen molar-refractivity contribution >= 4 is 11.4 Å². The van der Waals surface area contributed by atoms with E-state index in [1.165, 1.54) is 13.2 Å². The molecule has 0 aromatic carbocycles. The summed E-state index contributed by atoms with van der Waals surface area (Å²) in [6, 6.07) is 0.970. The Morgan fingerprint density at radius 1 is 1.60 bits per heavy atom. The smallest absolute Gasteiger partial charge is 0.218 e. The van der Waals surface area contributed by atoms with Crippen LogP contribution in [0.15, 0.2) is 24.9 Å². The maximum Gasteiger partial charge on any atom is 0.218 e. The van der Waals surface area contributed by atoms with Crippen LogP contribution in [0.5, 0.6) is 5.88 Å². The Bertz CT molecular complexity index is 463. The molecule has 0 fully saturated rings. The number of hydrogen-bond acceptors (Lipinski definition) is 4. The summed E-state index contributed by atoms with van der Waals surface area (Å²) in [5, 5.41) is 0. The van der Waals surface area contributed by atoms with Crippen LogP contribution in [-0.4, -0.2) is 21.4 Å². The van der Waals surface area contributed by atoms with E-state index in [4.69, 9.17) is 4.74 Å². The Morgan fingerprint density at radius 3 is 2.75 bits per heavy atom. The molecule has 0 aliphatic carbocycles. The zero-order valence-electron chi connectivity index (χ0n) is 12.3. The Labute approximate surface area is 122 Å². The number of hydrogen-bond donors (Lipinski definition) is 1. The van der Waals surface area contributed by atoms with Gasteiger partial charge in [-0.25, -0.2) is 9.37 Å². The monoisotopic (exact) mass is 300 g/mol. The van der Waals surface area contributed by atoms with E-state index in [0.717, 1.165) is 6.20 Å². The van der Waals surface area contributed by atoms with Crippen molar-refractivity contribution < 1.29 is 13.7 Å². The van der Waals surface area contributed by atoms with E-state index in [-0.39, 0.29) is 6.04 Å². The molecule has 4 nitrogen and oxygen atoms in total. The highest BCUT2D eigenvalue weighted by Gasteiger charge is 2.30. The normalized spacial score (nSPS) is 14.7. The molecule has 1 aromatic rings. The molecule has 1 rings (SSSR count). The Morgan fingerprint density at radius 2 is 2.25 bits per heavy atom. The third-order valence-electron chi connectivity index (χ3n) is 2.62. The second kappa shape index (κ2) is 7.06. The van der Waals surface area contributed by atoms with Crippen molar-refractivity contribution in [1.29, 1.82) is 0 Å². The Kier molecular flexibility index (Phi) is 5.98. The van der Waals surface area contributed by atoms with E-state index >= 15 is 0 Å². The van der Waals surface area contributed by atoms with Gasteiger partial charge in [0, 0.05) is 16.9 Å². The fourth-order valence-corrected chi connectivity index (χ4v) is 2.41. The maximum atomic E-state index is 13.4. The summed E-state index contributed by atoms with van der Waals surface area (Å²) in [7, 11) is 1.47. The zero-order chi connectivity index (χ0) is 15.3. The Hall–Kier alpha value is -1.11. The van der Waals surface area contributed by atoms with Crippen molar-refractivity contribution in [3.8, 4) is 5.88 Å². The van der Waals surface area contributed by atoms with E-state index in [0.29, 0.717) is 17.9 Å². The van der Waals surface area contributed by atoms with Crippen LogP contribution >= 0.6 is 0 Å². The average molecular weight is 300 g/mol. The summed E-state index contributed by atoms with van der Waals surface area (Å²) in [5.74, 6) is -0.144. The largest absolute Gasteiger partial charge is 0.598 e. The van der Waals surface area contributed by atoms with Gasteiger partial charge in [0.15, 0.2) is 0 Å². The Balaban J connectivity index is 3.07. The summed E-state index contributed by atoms with van der Waals surface area (Å²) < 4.78 is 33.3. The van der Waals surface area contributed by atoms with Crippen LogP contribution < -0.4 is 9.46 Å². The van der Waals surface area contributed by atoms with Crippen molar-refractivity contribution in [2.24, 2.45) is 0 Å². The molecule has 6 heteroatoms. The molecule has 0 amide bonds. The number of aromatic nitrogens is 1. The summed E-state index contributed by atoms with van der Waals surface area (Å²) in [6.07, 6.45) is 3.26. The van der Waals surface area contributed by atoms with Crippen LogP contribution in [0.4, 0.5) is 4.39 Å². The SMILES string of the molecule is C=CCC(N[S@+]([O-])C(C)(C)C)c1cc(F)cnc1OC. The van der Waals surface area contributed by atoms with Gasteiger partial charge in [-0.1, -0.05) is 6.08 Å². The number of rotatable bonds is 6. The first kappa shape index (κ1) is 16.9. The summed E-state index contributed by atoms with van der Waals surface area (Å²) >= 11 is -1.29. The predicted molar refractivity (Wildman–Crippen MR) is 79.3 cm³/mol. The van der Waals surface area contributed by atoms with Gasteiger partial charge in [-0.05, 0) is 33.3 Å². The molecule has 1 aromatic heterocycles. The first-order valence-electron chi connectivity index (χ1n) is 6.28. The number of methoxy groups -OCH3 is 1. The van der Waals surface area contributed by atoms with Crippen LogP contribution in [-0.2, 0) is 11.4 Å². The van der Waals surface area contributed by atoms with Gasteiger partial charge in [-0.3, -0.25) is 0 Å². The van der Waals surface area contributed by atoms with E-state index in [9.17, 15) is 8.94 Å².